The number of hydrogen-bond acceptors (Lipinski definition) is 3. The first-order valence-corrected chi connectivity index (χ1v) is 7.32. The van der Waals surface area contributed by atoms with Gasteiger partial charge in [-0.2, -0.15) is 0 Å². The Bertz CT molecular complexity index is 196. The number of nitrogens with zero attached hydrogens (tertiary/aromatic N) is 2. The van der Waals surface area contributed by atoms with E-state index < -0.39 is 0 Å². The first-order chi connectivity index (χ1) is 8.22. The van der Waals surface area contributed by atoms with Gasteiger partial charge in [-0.15, -0.1) is 0 Å². The molecule has 3 heteroatoms. The van der Waals surface area contributed by atoms with Crippen LogP contribution in [0.2, 0.25) is 0 Å². The Morgan fingerprint density at radius 2 is 1.61 bits per heavy atom. The summed E-state index contributed by atoms with van der Waals surface area (Å²) in [6.45, 7) is 12.5. The molecule has 0 saturated carbocycles. The molecule has 18 heavy (non-hydrogen) atoms. The lowest BCUT2D eigenvalue weighted by atomic mass is 10.1. The summed E-state index contributed by atoms with van der Waals surface area (Å²) in [4.78, 5) is 4.74. The van der Waals surface area contributed by atoms with E-state index in [0.29, 0.717) is 6.04 Å². The van der Waals surface area contributed by atoms with Crippen LogP contribution in [0, 0.1) is 0 Å². The maximum Gasteiger partial charge on any atom is 0.00965 e. The second kappa shape index (κ2) is 8.89. The highest BCUT2D eigenvalue weighted by atomic mass is 15.1. The Morgan fingerprint density at radius 3 is 2.11 bits per heavy atom. The van der Waals surface area contributed by atoms with E-state index in [9.17, 15) is 0 Å². The number of rotatable bonds is 9. The zero-order valence-electron chi connectivity index (χ0n) is 13.7. The molecule has 0 bridgehead atoms. The molecule has 0 aliphatic rings. The molecule has 0 amide bonds. The SMILES string of the molecule is CC(CCCNC(C)(C)C)N(C)CCCN(C)C. The van der Waals surface area contributed by atoms with Gasteiger partial charge in [0, 0.05) is 11.6 Å². The molecule has 0 fully saturated rings. The van der Waals surface area contributed by atoms with Gasteiger partial charge in [-0.05, 0) is 87.7 Å². The van der Waals surface area contributed by atoms with E-state index >= 15 is 0 Å². The van der Waals surface area contributed by atoms with Gasteiger partial charge in [0.05, 0.1) is 0 Å². The van der Waals surface area contributed by atoms with Crippen molar-refractivity contribution in [1.82, 2.24) is 15.1 Å². The van der Waals surface area contributed by atoms with Crippen LogP contribution in [0.1, 0.15) is 47.0 Å². The Kier molecular flexibility index (Phi) is 8.83. The average molecular weight is 257 g/mol. The smallest absolute Gasteiger partial charge is 0.00965 e. The maximum absolute atomic E-state index is 3.55. The Balaban J connectivity index is 3.58. The summed E-state index contributed by atoms with van der Waals surface area (Å²) in [5.74, 6) is 0. The van der Waals surface area contributed by atoms with Gasteiger partial charge < -0.3 is 15.1 Å². The molecule has 0 aromatic heterocycles. The van der Waals surface area contributed by atoms with Crippen LogP contribution in [-0.4, -0.2) is 62.2 Å². The molecule has 110 valence electrons. The largest absolute Gasteiger partial charge is 0.312 e. The number of nitrogens with one attached hydrogen (secondary N) is 1. The predicted molar refractivity (Wildman–Crippen MR) is 82.3 cm³/mol. The molecule has 1 unspecified atom stereocenters. The Morgan fingerprint density at radius 1 is 1.00 bits per heavy atom. The summed E-state index contributed by atoms with van der Waals surface area (Å²) in [7, 11) is 6.53. The predicted octanol–water partition coefficient (Wildman–Crippen LogP) is 2.43. The van der Waals surface area contributed by atoms with Gasteiger partial charge in [-0.3, -0.25) is 0 Å². The summed E-state index contributed by atoms with van der Waals surface area (Å²) in [5.41, 5.74) is 0.251. The summed E-state index contributed by atoms with van der Waals surface area (Å²) < 4.78 is 0. The van der Waals surface area contributed by atoms with Crippen molar-refractivity contribution >= 4 is 0 Å². The van der Waals surface area contributed by atoms with E-state index in [0.717, 1.165) is 6.54 Å². The molecule has 0 aliphatic heterocycles. The van der Waals surface area contributed by atoms with Gasteiger partial charge in [-0.1, -0.05) is 0 Å². The van der Waals surface area contributed by atoms with Crippen LogP contribution in [0.4, 0.5) is 0 Å². The second-order valence-corrected chi connectivity index (χ2v) is 6.81. The lowest BCUT2D eigenvalue weighted by Crippen LogP contribution is -2.37. The molecular formula is C15H35N3. The van der Waals surface area contributed by atoms with E-state index in [2.05, 4.69) is 64.0 Å². The molecule has 0 aliphatic carbocycles. The minimum Gasteiger partial charge on any atom is -0.312 e. The van der Waals surface area contributed by atoms with Crippen molar-refractivity contribution in [1.29, 1.82) is 0 Å². The van der Waals surface area contributed by atoms with Crippen LogP contribution in [0.25, 0.3) is 0 Å². The molecule has 0 aromatic carbocycles. The molecule has 3 nitrogen and oxygen atoms in total. The summed E-state index contributed by atoms with van der Waals surface area (Å²) in [5, 5.41) is 3.55. The van der Waals surface area contributed by atoms with Gasteiger partial charge in [0.15, 0.2) is 0 Å². The maximum atomic E-state index is 3.55. The van der Waals surface area contributed by atoms with E-state index in [4.69, 9.17) is 0 Å². The van der Waals surface area contributed by atoms with Crippen LogP contribution in [-0.2, 0) is 0 Å². The summed E-state index contributed by atoms with van der Waals surface area (Å²) in [6.07, 6.45) is 3.80. The normalized spacial score (nSPS) is 14.5. The third-order valence-electron chi connectivity index (χ3n) is 3.32. The van der Waals surface area contributed by atoms with E-state index in [1.54, 1.807) is 0 Å². The quantitative estimate of drug-likeness (QED) is 0.640. The van der Waals surface area contributed by atoms with E-state index in [1.807, 2.05) is 0 Å². The van der Waals surface area contributed by atoms with Crippen LogP contribution < -0.4 is 5.32 Å². The first kappa shape index (κ1) is 17.9. The zero-order valence-corrected chi connectivity index (χ0v) is 13.7. The topological polar surface area (TPSA) is 18.5 Å². The van der Waals surface area contributed by atoms with Crippen molar-refractivity contribution in [3.8, 4) is 0 Å². The molecule has 0 rings (SSSR count). The van der Waals surface area contributed by atoms with Gasteiger partial charge in [0.2, 0.25) is 0 Å². The molecule has 0 saturated heterocycles. The summed E-state index contributed by atoms with van der Waals surface area (Å²) >= 11 is 0. The second-order valence-electron chi connectivity index (χ2n) is 6.81. The first-order valence-electron chi connectivity index (χ1n) is 7.32. The van der Waals surface area contributed by atoms with Crippen molar-refractivity contribution in [2.45, 2.75) is 58.5 Å². The van der Waals surface area contributed by atoms with Gasteiger partial charge in [0.1, 0.15) is 0 Å². The highest BCUT2D eigenvalue weighted by molar-refractivity contribution is 4.71. The van der Waals surface area contributed by atoms with Crippen molar-refractivity contribution < 1.29 is 0 Å². The molecular weight excluding hydrogens is 222 g/mol. The average Bonchev–Trinajstić information content (AvgIpc) is 2.22. The molecule has 0 aromatic rings. The van der Waals surface area contributed by atoms with E-state index in [1.165, 1.54) is 32.4 Å². The van der Waals surface area contributed by atoms with Crippen LogP contribution in [0.15, 0.2) is 0 Å². The van der Waals surface area contributed by atoms with Crippen molar-refractivity contribution in [2.24, 2.45) is 0 Å². The van der Waals surface area contributed by atoms with E-state index in [-0.39, 0.29) is 5.54 Å². The molecule has 0 heterocycles. The minimum atomic E-state index is 0.251. The molecule has 0 spiro atoms. The monoisotopic (exact) mass is 257 g/mol. The lowest BCUT2D eigenvalue weighted by Gasteiger charge is -2.26. The Labute approximate surface area is 115 Å². The van der Waals surface area contributed by atoms with Gasteiger partial charge >= 0.3 is 0 Å². The third-order valence-corrected chi connectivity index (χ3v) is 3.32. The fourth-order valence-electron chi connectivity index (χ4n) is 1.94. The highest BCUT2D eigenvalue weighted by Crippen LogP contribution is 2.06. The zero-order chi connectivity index (χ0) is 14.2. The number of hydrogen-bond donors (Lipinski definition) is 1. The third kappa shape index (κ3) is 11.0. The highest BCUT2D eigenvalue weighted by Gasteiger charge is 2.10. The molecule has 1 N–H and O–H groups in total. The fourth-order valence-corrected chi connectivity index (χ4v) is 1.94. The van der Waals surface area contributed by atoms with Crippen LogP contribution >= 0.6 is 0 Å². The van der Waals surface area contributed by atoms with Crippen molar-refractivity contribution in [2.75, 3.05) is 40.8 Å². The molecule has 1 atom stereocenters. The van der Waals surface area contributed by atoms with Crippen LogP contribution in [0.3, 0.4) is 0 Å². The Hall–Kier alpha value is -0.120. The lowest BCUT2D eigenvalue weighted by molar-refractivity contribution is 0.227. The molecule has 0 radical (unpaired) electrons. The van der Waals surface area contributed by atoms with Crippen molar-refractivity contribution in [3.05, 3.63) is 0 Å². The van der Waals surface area contributed by atoms with Crippen LogP contribution in [0.5, 0.6) is 0 Å². The van der Waals surface area contributed by atoms with Crippen molar-refractivity contribution in [3.63, 3.8) is 0 Å². The van der Waals surface area contributed by atoms with Gasteiger partial charge in [-0.25, -0.2) is 0 Å². The minimum absolute atomic E-state index is 0.251. The van der Waals surface area contributed by atoms with Gasteiger partial charge in [0.25, 0.3) is 0 Å². The summed E-state index contributed by atoms with van der Waals surface area (Å²) in [6, 6.07) is 0.689. The fraction of sp³-hybridized carbons (Fsp3) is 1.00. The standard InChI is InChI=1S/C15H35N3/c1-14(10-8-11-16-15(2,3)4)18(7)13-9-12-17(5)6/h14,16H,8-13H2,1-7H3.